The maximum absolute atomic E-state index is 11.1. The van der Waals surface area contributed by atoms with Crippen LogP contribution >= 0.6 is 11.8 Å². The predicted molar refractivity (Wildman–Crippen MR) is 44.0 cm³/mol. The first-order valence-electron chi connectivity index (χ1n) is 3.61. The smallest absolute Gasteiger partial charge is 0.336 e. The second-order valence-corrected chi connectivity index (χ2v) is 4.38. The van der Waals surface area contributed by atoms with E-state index in [1.807, 2.05) is 13.8 Å². The summed E-state index contributed by atoms with van der Waals surface area (Å²) in [4.78, 5) is 21.4. The zero-order valence-electron chi connectivity index (χ0n) is 6.81. The molecule has 1 aliphatic rings. The van der Waals surface area contributed by atoms with E-state index >= 15 is 0 Å². The van der Waals surface area contributed by atoms with Gasteiger partial charge in [0.25, 0.3) is 0 Å². The highest BCUT2D eigenvalue weighted by atomic mass is 32.2. The number of ether oxygens (including phenoxy) is 1. The van der Waals surface area contributed by atoms with Gasteiger partial charge in [-0.3, -0.25) is 4.79 Å². The number of carboxylic acid groups (broad SMARTS) is 1. The summed E-state index contributed by atoms with van der Waals surface area (Å²) in [6.45, 7) is 3.75. The van der Waals surface area contributed by atoms with Gasteiger partial charge in [-0.05, 0) is 0 Å². The van der Waals surface area contributed by atoms with Crippen molar-refractivity contribution in [2.24, 2.45) is 0 Å². The maximum Gasteiger partial charge on any atom is 0.336 e. The molecule has 4 nitrogen and oxygen atoms in total. The average Bonchev–Trinajstić information content (AvgIpc) is 2.61. The van der Waals surface area contributed by atoms with Gasteiger partial charge in [-0.15, -0.1) is 0 Å². The summed E-state index contributed by atoms with van der Waals surface area (Å²) in [6, 6.07) is 0. The van der Waals surface area contributed by atoms with Crippen LogP contribution in [-0.4, -0.2) is 33.6 Å². The molecule has 0 aromatic carbocycles. The highest BCUT2D eigenvalue weighted by Gasteiger charge is 2.50. The second-order valence-electron chi connectivity index (χ2n) is 2.80. The molecule has 0 saturated carbocycles. The van der Waals surface area contributed by atoms with Crippen LogP contribution in [0.15, 0.2) is 0 Å². The Morgan fingerprint density at radius 3 is 2.33 bits per heavy atom. The van der Waals surface area contributed by atoms with Crippen molar-refractivity contribution in [3.05, 3.63) is 0 Å². The maximum atomic E-state index is 11.1. The number of carbonyl (C=O) groups excluding carboxylic acids is 1. The number of epoxide rings is 1. The molecule has 12 heavy (non-hydrogen) atoms. The van der Waals surface area contributed by atoms with Crippen molar-refractivity contribution in [3.63, 3.8) is 0 Å². The SMILES string of the molecule is CC(C)SC(=O)C1OC1C(=O)O. The second kappa shape index (κ2) is 3.45. The Bertz CT molecular complexity index is 213. The molecule has 0 bridgehead atoms. The molecule has 2 atom stereocenters. The van der Waals surface area contributed by atoms with Crippen molar-refractivity contribution in [1.29, 1.82) is 0 Å². The normalized spacial score (nSPS) is 27.2. The average molecular weight is 190 g/mol. The molecule has 0 aliphatic carbocycles. The molecule has 68 valence electrons. The molecule has 0 amide bonds. The van der Waals surface area contributed by atoms with E-state index in [4.69, 9.17) is 5.11 Å². The van der Waals surface area contributed by atoms with Gasteiger partial charge in [-0.2, -0.15) is 0 Å². The van der Waals surface area contributed by atoms with E-state index in [0.717, 1.165) is 11.8 Å². The molecule has 0 aromatic heterocycles. The Labute approximate surface area is 74.3 Å². The van der Waals surface area contributed by atoms with E-state index in [1.54, 1.807) is 0 Å². The van der Waals surface area contributed by atoms with E-state index in [9.17, 15) is 9.59 Å². The number of hydrogen-bond donors (Lipinski definition) is 1. The Hall–Kier alpha value is -0.550. The van der Waals surface area contributed by atoms with Crippen LogP contribution in [0.5, 0.6) is 0 Å². The van der Waals surface area contributed by atoms with Gasteiger partial charge in [0.15, 0.2) is 12.2 Å². The largest absolute Gasteiger partial charge is 0.479 e. The zero-order chi connectivity index (χ0) is 9.30. The summed E-state index contributed by atoms with van der Waals surface area (Å²) < 4.78 is 4.67. The van der Waals surface area contributed by atoms with Crippen LogP contribution in [-0.2, 0) is 14.3 Å². The number of aliphatic carboxylic acids is 1. The van der Waals surface area contributed by atoms with Crippen LogP contribution in [0.3, 0.4) is 0 Å². The van der Waals surface area contributed by atoms with Gasteiger partial charge in [0.05, 0.1) is 0 Å². The molecular formula is C7H10O4S. The number of carbonyl (C=O) groups is 2. The number of rotatable bonds is 3. The summed E-state index contributed by atoms with van der Waals surface area (Å²) in [7, 11) is 0. The molecule has 0 radical (unpaired) electrons. The minimum absolute atomic E-state index is 0.177. The fourth-order valence-corrected chi connectivity index (χ4v) is 1.56. The third-order valence-corrected chi connectivity index (χ3v) is 2.26. The minimum Gasteiger partial charge on any atom is -0.479 e. The molecule has 5 heteroatoms. The van der Waals surface area contributed by atoms with Crippen LogP contribution in [0, 0.1) is 0 Å². The highest BCUT2D eigenvalue weighted by molar-refractivity contribution is 8.14. The molecule has 1 saturated heterocycles. The van der Waals surface area contributed by atoms with Gasteiger partial charge in [-0.25, -0.2) is 4.79 Å². The van der Waals surface area contributed by atoms with Crippen LogP contribution in [0.4, 0.5) is 0 Å². The standard InChI is InChI=1S/C7H10O4S/c1-3(2)12-7(10)5-4(11-5)6(8)9/h3-5H,1-2H3,(H,8,9). The van der Waals surface area contributed by atoms with Crippen molar-refractivity contribution < 1.29 is 19.4 Å². The molecule has 1 heterocycles. The minimum atomic E-state index is -1.06. The Balaban J connectivity index is 2.33. The lowest BCUT2D eigenvalue weighted by atomic mass is 10.3. The van der Waals surface area contributed by atoms with Gasteiger partial charge < -0.3 is 9.84 Å². The summed E-state index contributed by atoms with van der Waals surface area (Å²) in [5.41, 5.74) is 0. The topological polar surface area (TPSA) is 66.9 Å². The first-order valence-corrected chi connectivity index (χ1v) is 4.49. The fraction of sp³-hybridized carbons (Fsp3) is 0.714. The number of carboxylic acids is 1. The van der Waals surface area contributed by atoms with E-state index in [1.165, 1.54) is 0 Å². The molecule has 2 unspecified atom stereocenters. The van der Waals surface area contributed by atoms with Crippen molar-refractivity contribution in [3.8, 4) is 0 Å². The molecule has 1 rings (SSSR count). The van der Waals surface area contributed by atoms with E-state index in [2.05, 4.69) is 4.74 Å². The van der Waals surface area contributed by atoms with Gasteiger partial charge in [0.1, 0.15) is 0 Å². The summed E-state index contributed by atoms with van der Waals surface area (Å²) >= 11 is 1.12. The van der Waals surface area contributed by atoms with Crippen LogP contribution in [0.2, 0.25) is 0 Å². The lowest BCUT2D eigenvalue weighted by molar-refractivity contribution is -0.138. The van der Waals surface area contributed by atoms with Crippen LogP contribution < -0.4 is 0 Å². The Morgan fingerprint density at radius 2 is 2.00 bits per heavy atom. The van der Waals surface area contributed by atoms with Crippen LogP contribution in [0.25, 0.3) is 0 Å². The molecule has 0 spiro atoms. The zero-order valence-corrected chi connectivity index (χ0v) is 7.63. The van der Waals surface area contributed by atoms with Crippen molar-refractivity contribution >= 4 is 22.8 Å². The lowest BCUT2D eigenvalue weighted by Gasteiger charge is -1.98. The number of hydrogen-bond acceptors (Lipinski definition) is 4. The Kier molecular flexibility index (Phi) is 2.74. The Morgan fingerprint density at radius 1 is 1.42 bits per heavy atom. The number of thioether (sulfide) groups is 1. The summed E-state index contributed by atoms with van der Waals surface area (Å²) in [5.74, 6) is -1.06. The van der Waals surface area contributed by atoms with Crippen molar-refractivity contribution in [2.45, 2.75) is 31.3 Å². The monoisotopic (exact) mass is 190 g/mol. The molecule has 1 fully saturated rings. The lowest BCUT2D eigenvalue weighted by Crippen LogP contribution is -2.14. The van der Waals surface area contributed by atoms with Crippen molar-refractivity contribution in [2.75, 3.05) is 0 Å². The van der Waals surface area contributed by atoms with Crippen LogP contribution in [0.1, 0.15) is 13.8 Å². The summed E-state index contributed by atoms with van der Waals surface area (Å²) in [6.07, 6.45) is -1.61. The summed E-state index contributed by atoms with van der Waals surface area (Å²) in [5, 5.41) is 8.41. The quantitative estimate of drug-likeness (QED) is 0.656. The van der Waals surface area contributed by atoms with Gasteiger partial charge in [0, 0.05) is 5.25 Å². The van der Waals surface area contributed by atoms with E-state index < -0.39 is 18.2 Å². The predicted octanol–water partition coefficient (Wildman–Crippen LogP) is 0.507. The fourth-order valence-electron chi connectivity index (χ4n) is 0.779. The van der Waals surface area contributed by atoms with Gasteiger partial charge in [0.2, 0.25) is 5.12 Å². The van der Waals surface area contributed by atoms with E-state index in [-0.39, 0.29) is 10.4 Å². The highest BCUT2D eigenvalue weighted by Crippen LogP contribution is 2.29. The third kappa shape index (κ3) is 2.22. The first-order chi connectivity index (χ1) is 5.52. The van der Waals surface area contributed by atoms with E-state index in [0.29, 0.717) is 0 Å². The van der Waals surface area contributed by atoms with Gasteiger partial charge >= 0.3 is 5.97 Å². The first kappa shape index (κ1) is 9.54. The third-order valence-electron chi connectivity index (χ3n) is 1.32. The van der Waals surface area contributed by atoms with Crippen molar-refractivity contribution in [1.82, 2.24) is 0 Å². The molecule has 1 N–H and O–H groups in total. The molecule has 0 aromatic rings. The molecule has 1 aliphatic heterocycles. The molecular weight excluding hydrogens is 180 g/mol. The van der Waals surface area contributed by atoms with Gasteiger partial charge in [-0.1, -0.05) is 25.6 Å².